The molecule has 2 aromatic heterocycles. The smallest absolute Gasteiger partial charge is 0.377 e. The number of hydrogen-bond donors (Lipinski definition) is 1. The molecule has 94 valence electrons. The number of fused-ring (bicyclic) bond motifs is 1. The molecule has 0 aliphatic rings. The van der Waals surface area contributed by atoms with E-state index >= 15 is 0 Å². The van der Waals surface area contributed by atoms with E-state index in [9.17, 15) is 9.59 Å². The molecule has 0 amide bonds. The number of rotatable bonds is 3. The fraction of sp³-hybridized carbons (Fsp3) is 0. The standard InChI is InChI=1S/C14H9NO3S/c16-13(14(17)18)10-8-15(12-6-3-7-19-12)11-5-2-1-4-9(10)11/h1-8H,(H,17,18). The Morgan fingerprint density at radius 1 is 1.11 bits per heavy atom. The van der Waals surface area contributed by atoms with Crippen molar-refractivity contribution in [3.8, 4) is 5.00 Å². The number of carboxylic acid groups (broad SMARTS) is 1. The van der Waals surface area contributed by atoms with Gasteiger partial charge in [-0.15, -0.1) is 11.3 Å². The van der Waals surface area contributed by atoms with Crippen molar-refractivity contribution in [2.75, 3.05) is 0 Å². The predicted molar refractivity (Wildman–Crippen MR) is 73.1 cm³/mol. The zero-order valence-electron chi connectivity index (χ0n) is 9.74. The molecule has 3 aromatic rings. The monoisotopic (exact) mass is 271 g/mol. The molecule has 0 aliphatic carbocycles. The number of carbonyl (C=O) groups is 2. The number of ketones is 1. The second-order valence-corrected chi connectivity index (χ2v) is 4.94. The molecular weight excluding hydrogens is 262 g/mol. The van der Waals surface area contributed by atoms with Crippen molar-refractivity contribution >= 4 is 34.0 Å². The highest BCUT2D eigenvalue weighted by molar-refractivity contribution is 7.12. The number of para-hydroxylation sites is 1. The molecule has 0 fully saturated rings. The molecular formula is C14H9NO3S. The highest BCUT2D eigenvalue weighted by Crippen LogP contribution is 2.27. The van der Waals surface area contributed by atoms with Crippen LogP contribution in [0.5, 0.6) is 0 Å². The van der Waals surface area contributed by atoms with Crippen LogP contribution in [0.15, 0.2) is 48.0 Å². The van der Waals surface area contributed by atoms with E-state index in [2.05, 4.69) is 0 Å². The number of carboxylic acids is 1. The fourth-order valence-electron chi connectivity index (χ4n) is 2.07. The summed E-state index contributed by atoms with van der Waals surface area (Å²) >= 11 is 1.53. The number of thiophene rings is 1. The minimum Gasteiger partial charge on any atom is -0.475 e. The molecule has 1 aromatic carbocycles. The quantitative estimate of drug-likeness (QED) is 0.588. The number of nitrogens with zero attached hydrogens (tertiary/aromatic N) is 1. The maximum absolute atomic E-state index is 11.7. The molecule has 0 saturated heterocycles. The van der Waals surface area contributed by atoms with Crippen LogP contribution in [0.3, 0.4) is 0 Å². The summed E-state index contributed by atoms with van der Waals surface area (Å²) in [5, 5.41) is 12.4. The minimum absolute atomic E-state index is 0.219. The molecule has 0 saturated carbocycles. The van der Waals surface area contributed by atoms with Crippen molar-refractivity contribution in [2.45, 2.75) is 0 Å². The van der Waals surface area contributed by atoms with Crippen molar-refractivity contribution in [2.24, 2.45) is 0 Å². The largest absolute Gasteiger partial charge is 0.475 e. The predicted octanol–water partition coefficient (Wildman–Crippen LogP) is 2.96. The Kier molecular flexibility index (Phi) is 2.68. The van der Waals surface area contributed by atoms with Gasteiger partial charge in [-0.05, 0) is 23.6 Å². The molecule has 3 rings (SSSR count). The van der Waals surface area contributed by atoms with Crippen LogP contribution in [0, 0.1) is 0 Å². The van der Waals surface area contributed by atoms with Gasteiger partial charge in [0.15, 0.2) is 0 Å². The van der Waals surface area contributed by atoms with Gasteiger partial charge in [0.05, 0.1) is 16.1 Å². The fourth-order valence-corrected chi connectivity index (χ4v) is 2.78. The van der Waals surface area contributed by atoms with Crippen molar-refractivity contribution in [1.29, 1.82) is 0 Å². The Bertz CT molecular complexity index is 771. The van der Waals surface area contributed by atoms with Crippen LogP contribution in [0.2, 0.25) is 0 Å². The molecule has 1 N–H and O–H groups in total. The van der Waals surface area contributed by atoms with Crippen molar-refractivity contribution in [3.63, 3.8) is 0 Å². The number of aromatic nitrogens is 1. The van der Waals surface area contributed by atoms with E-state index in [1.54, 1.807) is 18.3 Å². The normalized spacial score (nSPS) is 10.7. The zero-order valence-corrected chi connectivity index (χ0v) is 10.6. The lowest BCUT2D eigenvalue weighted by Gasteiger charge is -1.99. The summed E-state index contributed by atoms with van der Waals surface area (Å²) in [7, 11) is 0. The second kappa shape index (κ2) is 4.37. The van der Waals surface area contributed by atoms with E-state index in [1.165, 1.54) is 11.3 Å². The van der Waals surface area contributed by atoms with Crippen LogP contribution < -0.4 is 0 Å². The lowest BCUT2D eigenvalue weighted by Crippen LogP contribution is -2.12. The van der Waals surface area contributed by atoms with E-state index in [0.29, 0.717) is 5.39 Å². The summed E-state index contributed by atoms with van der Waals surface area (Å²) < 4.78 is 1.84. The van der Waals surface area contributed by atoms with Crippen LogP contribution in [0.1, 0.15) is 10.4 Å². The summed E-state index contributed by atoms with van der Waals surface area (Å²) in [6.07, 6.45) is 1.59. The van der Waals surface area contributed by atoms with Gasteiger partial charge in [-0.1, -0.05) is 18.2 Å². The summed E-state index contributed by atoms with van der Waals surface area (Å²) in [6, 6.07) is 11.1. The lowest BCUT2D eigenvalue weighted by atomic mass is 10.1. The van der Waals surface area contributed by atoms with Crippen molar-refractivity contribution < 1.29 is 14.7 Å². The van der Waals surface area contributed by atoms with Crippen LogP contribution in [-0.4, -0.2) is 21.4 Å². The Morgan fingerprint density at radius 3 is 2.58 bits per heavy atom. The average molecular weight is 271 g/mol. The van der Waals surface area contributed by atoms with Gasteiger partial charge in [-0.3, -0.25) is 4.79 Å². The minimum atomic E-state index is -1.44. The number of aliphatic carboxylic acids is 1. The first-order valence-corrected chi connectivity index (χ1v) is 6.48. The van der Waals surface area contributed by atoms with E-state index in [4.69, 9.17) is 5.11 Å². The first kappa shape index (κ1) is 11.7. The van der Waals surface area contributed by atoms with Crippen molar-refractivity contribution in [3.05, 3.63) is 53.5 Å². The second-order valence-electron chi connectivity index (χ2n) is 4.02. The third kappa shape index (κ3) is 1.84. The topological polar surface area (TPSA) is 59.3 Å². The molecule has 0 radical (unpaired) electrons. The van der Waals surface area contributed by atoms with Gasteiger partial charge in [-0.25, -0.2) is 4.79 Å². The molecule has 4 nitrogen and oxygen atoms in total. The molecule has 0 atom stereocenters. The first-order chi connectivity index (χ1) is 9.18. The third-order valence-electron chi connectivity index (χ3n) is 2.89. The molecule has 0 aliphatic heterocycles. The Hall–Kier alpha value is -2.40. The Labute approximate surface area is 112 Å². The van der Waals surface area contributed by atoms with E-state index in [0.717, 1.165) is 10.5 Å². The van der Waals surface area contributed by atoms with Gasteiger partial charge < -0.3 is 9.67 Å². The van der Waals surface area contributed by atoms with Gasteiger partial charge in [-0.2, -0.15) is 0 Å². The van der Waals surface area contributed by atoms with Gasteiger partial charge in [0.2, 0.25) is 0 Å². The summed E-state index contributed by atoms with van der Waals surface area (Å²) in [5.41, 5.74) is 1.05. The maximum atomic E-state index is 11.7. The van der Waals surface area contributed by atoms with Gasteiger partial charge in [0.25, 0.3) is 5.78 Å². The van der Waals surface area contributed by atoms with Crippen LogP contribution in [0.4, 0.5) is 0 Å². The SMILES string of the molecule is O=C(O)C(=O)c1cn(-c2cccs2)c2ccccc12. The van der Waals surface area contributed by atoms with E-state index in [-0.39, 0.29) is 5.56 Å². The molecule has 0 bridgehead atoms. The van der Waals surface area contributed by atoms with E-state index < -0.39 is 11.8 Å². The van der Waals surface area contributed by atoms with Gasteiger partial charge in [0, 0.05) is 11.6 Å². The molecule has 0 spiro atoms. The highest BCUT2D eigenvalue weighted by atomic mass is 32.1. The average Bonchev–Trinajstić information content (AvgIpc) is 3.04. The zero-order chi connectivity index (χ0) is 13.4. The highest BCUT2D eigenvalue weighted by Gasteiger charge is 2.21. The van der Waals surface area contributed by atoms with Gasteiger partial charge in [0.1, 0.15) is 0 Å². The van der Waals surface area contributed by atoms with E-state index in [1.807, 2.05) is 34.2 Å². The number of benzene rings is 1. The number of Topliss-reactive ketones (excluding diaryl/α,β-unsaturated/α-hetero) is 1. The molecule has 5 heteroatoms. The molecule has 2 heterocycles. The van der Waals surface area contributed by atoms with Crippen LogP contribution >= 0.6 is 11.3 Å². The lowest BCUT2D eigenvalue weighted by molar-refractivity contribution is -0.131. The van der Waals surface area contributed by atoms with Gasteiger partial charge >= 0.3 is 5.97 Å². The maximum Gasteiger partial charge on any atom is 0.377 e. The summed E-state index contributed by atoms with van der Waals surface area (Å²) in [4.78, 5) is 22.6. The summed E-state index contributed by atoms with van der Waals surface area (Å²) in [6.45, 7) is 0. The van der Waals surface area contributed by atoms with Crippen molar-refractivity contribution in [1.82, 2.24) is 4.57 Å². The number of hydrogen-bond acceptors (Lipinski definition) is 3. The Morgan fingerprint density at radius 2 is 1.89 bits per heavy atom. The number of carbonyl (C=O) groups excluding carboxylic acids is 1. The Balaban J connectivity index is 2.31. The van der Waals surface area contributed by atoms with Crippen LogP contribution in [-0.2, 0) is 4.79 Å². The molecule has 19 heavy (non-hydrogen) atoms. The third-order valence-corrected chi connectivity index (χ3v) is 3.76. The van der Waals surface area contributed by atoms with Crippen LogP contribution in [0.25, 0.3) is 15.9 Å². The summed E-state index contributed by atoms with van der Waals surface area (Å²) in [5.74, 6) is -2.32. The molecule has 0 unspecified atom stereocenters. The first-order valence-electron chi connectivity index (χ1n) is 5.60.